The second-order valence-electron chi connectivity index (χ2n) is 2.48. The summed E-state index contributed by atoms with van der Waals surface area (Å²) in [5.74, 6) is 0. The highest BCUT2D eigenvalue weighted by molar-refractivity contribution is 4.68. The van der Waals surface area contributed by atoms with Crippen molar-refractivity contribution >= 4 is 0 Å². The monoisotopic (exact) mass is 161 g/mol. The molecule has 2 atom stereocenters. The predicted octanol–water partition coefficient (Wildman–Crippen LogP) is -0.885. The summed E-state index contributed by atoms with van der Waals surface area (Å²) >= 11 is 0. The van der Waals surface area contributed by atoms with E-state index in [1.807, 2.05) is 7.05 Å². The fraction of sp³-hybridized carbons (Fsp3) is 1.00. The van der Waals surface area contributed by atoms with Gasteiger partial charge in [0.2, 0.25) is 0 Å². The smallest absolute Gasteiger partial charge is 0.122 e. The Kier molecular flexibility index (Phi) is 6.45. The summed E-state index contributed by atoms with van der Waals surface area (Å²) in [5, 5.41) is 6.26. The summed E-state index contributed by atoms with van der Waals surface area (Å²) in [6.45, 7) is 3.54. The first-order valence-electron chi connectivity index (χ1n) is 3.89. The second kappa shape index (κ2) is 6.54. The van der Waals surface area contributed by atoms with Gasteiger partial charge >= 0.3 is 0 Å². The topological polar surface area (TPSA) is 59.3 Å². The Morgan fingerprint density at radius 3 is 2.55 bits per heavy atom. The maximum absolute atomic E-state index is 5.34. The molecular weight excluding hydrogens is 142 g/mol. The number of methoxy groups -OCH3 is 1. The highest BCUT2D eigenvalue weighted by atomic mass is 16.5. The van der Waals surface area contributed by atoms with E-state index in [2.05, 4.69) is 17.6 Å². The Balaban J connectivity index is 3.51. The minimum atomic E-state index is 0.0570. The fourth-order valence-electron chi connectivity index (χ4n) is 0.990. The van der Waals surface area contributed by atoms with Gasteiger partial charge in [0.1, 0.15) is 6.23 Å². The van der Waals surface area contributed by atoms with Crippen LogP contribution in [-0.2, 0) is 4.74 Å². The summed E-state index contributed by atoms with van der Waals surface area (Å²) < 4.78 is 5.14. The Hall–Kier alpha value is -0.160. The molecule has 4 nitrogen and oxygen atoms in total. The molecule has 0 spiro atoms. The van der Waals surface area contributed by atoms with Crippen LogP contribution in [-0.4, -0.2) is 39.5 Å². The molecule has 0 radical (unpaired) electrons. The summed E-state index contributed by atoms with van der Waals surface area (Å²) in [4.78, 5) is 0. The third kappa shape index (κ3) is 4.31. The summed E-state index contributed by atoms with van der Waals surface area (Å²) in [6, 6.07) is 0.286. The SMILES string of the molecule is CNC(OC)C(C)NCCN. The molecule has 0 fully saturated rings. The van der Waals surface area contributed by atoms with Crippen molar-refractivity contribution < 1.29 is 4.74 Å². The van der Waals surface area contributed by atoms with E-state index in [0.29, 0.717) is 6.54 Å². The Labute approximate surface area is 68.5 Å². The first kappa shape index (κ1) is 10.8. The Morgan fingerprint density at radius 2 is 2.18 bits per heavy atom. The number of nitrogens with two attached hydrogens (primary N) is 1. The third-order valence-electron chi connectivity index (χ3n) is 1.60. The number of nitrogens with one attached hydrogen (secondary N) is 2. The zero-order valence-corrected chi connectivity index (χ0v) is 7.55. The second-order valence-corrected chi connectivity index (χ2v) is 2.48. The number of likely N-dealkylation sites (N-methyl/N-ethyl adjacent to an activating group) is 1. The highest BCUT2D eigenvalue weighted by Gasteiger charge is 2.11. The predicted molar refractivity (Wildman–Crippen MR) is 46.4 cm³/mol. The molecule has 0 bridgehead atoms. The molecule has 0 saturated heterocycles. The van der Waals surface area contributed by atoms with Gasteiger partial charge in [0, 0.05) is 26.2 Å². The number of hydrogen-bond donors (Lipinski definition) is 3. The lowest BCUT2D eigenvalue weighted by molar-refractivity contribution is 0.0533. The van der Waals surface area contributed by atoms with E-state index in [9.17, 15) is 0 Å². The Bertz CT molecular complexity index is 85.8. The van der Waals surface area contributed by atoms with Gasteiger partial charge in [0.05, 0.1) is 0 Å². The van der Waals surface area contributed by atoms with Gasteiger partial charge in [0.25, 0.3) is 0 Å². The molecule has 4 N–H and O–H groups in total. The lowest BCUT2D eigenvalue weighted by Gasteiger charge is -2.22. The lowest BCUT2D eigenvalue weighted by Crippen LogP contribution is -2.47. The van der Waals surface area contributed by atoms with Crippen LogP contribution in [0.1, 0.15) is 6.92 Å². The molecule has 4 heteroatoms. The Morgan fingerprint density at radius 1 is 1.55 bits per heavy atom. The van der Waals surface area contributed by atoms with Crippen LogP contribution in [0.15, 0.2) is 0 Å². The van der Waals surface area contributed by atoms with Crippen molar-refractivity contribution in [2.75, 3.05) is 27.2 Å². The van der Waals surface area contributed by atoms with Crippen molar-refractivity contribution in [1.82, 2.24) is 10.6 Å². The van der Waals surface area contributed by atoms with Crippen molar-refractivity contribution in [1.29, 1.82) is 0 Å². The van der Waals surface area contributed by atoms with Crippen LogP contribution in [0.4, 0.5) is 0 Å². The van der Waals surface area contributed by atoms with Crippen molar-refractivity contribution in [3.63, 3.8) is 0 Å². The largest absolute Gasteiger partial charge is 0.365 e. The average molecular weight is 161 g/mol. The van der Waals surface area contributed by atoms with E-state index in [1.165, 1.54) is 0 Å². The normalized spacial score (nSPS) is 16.4. The maximum Gasteiger partial charge on any atom is 0.122 e. The average Bonchev–Trinajstić information content (AvgIpc) is 2.03. The molecule has 0 aliphatic heterocycles. The van der Waals surface area contributed by atoms with E-state index in [0.717, 1.165) is 6.54 Å². The first-order chi connectivity index (χ1) is 5.26. The lowest BCUT2D eigenvalue weighted by atomic mass is 10.3. The first-order valence-corrected chi connectivity index (χ1v) is 3.89. The number of hydrogen-bond acceptors (Lipinski definition) is 4. The molecule has 2 unspecified atom stereocenters. The zero-order valence-electron chi connectivity index (χ0n) is 7.55. The van der Waals surface area contributed by atoms with Gasteiger partial charge in [-0.05, 0) is 14.0 Å². The van der Waals surface area contributed by atoms with E-state index < -0.39 is 0 Å². The third-order valence-corrected chi connectivity index (χ3v) is 1.60. The maximum atomic E-state index is 5.34. The molecule has 0 aromatic heterocycles. The van der Waals surface area contributed by atoms with Gasteiger partial charge in [-0.3, -0.25) is 5.32 Å². The zero-order chi connectivity index (χ0) is 8.69. The van der Waals surface area contributed by atoms with Gasteiger partial charge in [0.15, 0.2) is 0 Å². The molecule has 11 heavy (non-hydrogen) atoms. The van der Waals surface area contributed by atoms with Crippen molar-refractivity contribution in [3.8, 4) is 0 Å². The molecule has 0 amide bonds. The van der Waals surface area contributed by atoms with Gasteiger partial charge < -0.3 is 15.8 Å². The molecule has 0 rings (SSSR count). The summed E-state index contributed by atoms with van der Waals surface area (Å²) in [7, 11) is 3.55. The van der Waals surface area contributed by atoms with Crippen LogP contribution in [0, 0.1) is 0 Å². The van der Waals surface area contributed by atoms with Crippen LogP contribution in [0.3, 0.4) is 0 Å². The van der Waals surface area contributed by atoms with E-state index >= 15 is 0 Å². The van der Waals surface area contributed by atoms with Gasteiger partial charge in [-0.15, -0.1) is 0 Å². The van der Waals surface area contributed by atoms with E-state index in [4.69, 9.17) is 10.5 Å². The van der Waals surface area contributed by atoms with Crippen molar-refractivity contribution in [2.24, 2.45) is 5.73 Å². The van der Waals surface area contributed by atoms with E-state index in [-0.39, 0.29) is 12.3 Å². The molecule has 0 aliphatic carbocycles. The molecule has 68 valence electrons. The minimum Gasteiger partial charge on any atom is -0.365 e. The fourth-order valence-corrected chi connectivity index (χ4v) is 0.990. The molecular formula is C7H19N3O. The van der Waals surface area contributed by atoms with Gasteiger partial charge in [-0.25, -0.2) is 0 Å². The van der Waals surface area contributed by atoms with Crippen LogP contribution >= 0.6 is 0 Å². The number of ether oxygens (including phenoxy) is 1. The molecule has 0 aliphatic rings. The molecule has 0 saturated carbocycles. The molecule has 0 aromatic carbocycles. The minimum absolute atomic E-state index is 0.0570. The van der Waals surface area contributed by atoms with Crippen LogP contribution in [0.5, 0.6) is 0 Å². The number of rotatable bonds is 6. The summed E-state index contributed by atoms with van der Waals surface area (Å²) in [6.07, 6.45) is 0.0570. The molecule has 0 heterocycles. The summed E-state index contributed by atoms with van der Waals surface area (Å²) in [5.41, 5.74) is 5.34. The van der Waals surface area contributed by atoms with Crippen LogP contribution in [0.2, 0.25) is 0 Å². The van der Waals surface area contributed by atoms with Crippen LogP contribution in [0.25, 0.3) is 0 Å². The van der Waals surface area contributed by atoms with Crippen molar-refractivity contribution in [3.05, 3.63) is 0 Å². The quantitative estimate of drug-likeness (QED) is 0.443. The molecule has 0 aromatic rings. The highest BCUT2D eigenvalue weighted by Crippen LogP contribution is 1.91. The van der Waals surface area contributed by atoms with Gasteiger partial charge in [-0.1, -0.05) is 0 Å². The van der Waals surface area contributed by atoms with Crippen LogP contribution < -0.4 is 16.4 Å². The van der Waals surface area contributed by atoms with Gasteiger partial charge in [-0.2, -0.15) is 0 Å². The van der Waals surface area contributed by atoms with E-state index in [1.54, 1.807) is 7.11 Å². The standard InChI is InChI=1S/C7H19N3O/c1-6(10-5-4-8)7(9-2)11-3/h6-7,9-10H,4-5,8H2,1-3H3. The van der Waals surface area contributed by atoms with Crippen molar-refractivity contribution in [2.45, 2.75) is 19.2 Å².